The number of nitrogens with one attached hydrogen (secondary N) is 1. The minimum absolute atomic E-state index is 0.0617. The number of hydrogen-bond donors (Lipinski definition) is 1. The zero-order valence-corrected chi connectivity index (χ0v) is 19.0. The fourth-order valence-corrected chi connectivity index (χ4v) is 4.79. The van der Waals surface area contributed by atoms with Gasteiger partial charge in [0, 0.05) is 18.0 Å². The highest BCUT2D eigenvalue weighted by Gasteiger charge is 2.15. The first-order valence-corrected chi connectivity index (χ1v) is 12.2. The van der Waals surface area contributed by atoms with E-state index in [9.17, 15) is 4.79 Å². The van der Waals surface area contributed by atoms with Gasteiger partial charge in [-0.25, -0.2) is 0 Å². The monoisotopic (exact) mass is 451 g/mol. The Morgan fingerprint density at radius 3 is 2.69 bits per heavy atom. The van der Waals surface area contributed by atoms with Crippen molar-refractivity contribution in [2.45, 2.75) is 55.3 Å². The van der Waals surface area contributed by atoms with Gasteiger partial charge in [0.05, 0.1) is 23.1 Å². The predicted octanol–water partition coefficient (Wildman–Crippen LogP) is 4.42. The summed E-state index contributed by atoms with van der Waals surface area (Å²) in [6.07, 6.45) is 7.44. The summed E-state index contributed by atoms with van der Waals surface area (Å²) in [7, 11) is 0. The summed E-state index contributed by atoms with van der Waals surface area (Å²) in [6, 6.07) is 17.4. The van der Waals surface area contributed by atoms with E-state index in [0.717, 1.165) is 22.8 Å². The summed E-state index contributed by atoms with van der Waals surface area (Å²) in [6.45, 7) is 1.31. The standard InChI is InChI=1S/C24H29N5O2S/c30-24(25-16-9-17-31-20-12-5-2-6-13-20)21-14-7-8-15-22(21)32-18-23-26-27-28-29(23)19-10-3-1-4-11-19/h1,3-4,7-8,10-11,14-15,20H,2,5-6,9,12-13,16-18H2,(H,25,30). The van der Waals surface area contributed by atoms with Crippen LogP contribution in [0.3, 0.4) is 0 Å². The van der Waals surface area contributed by atoms with Gasteiger partial charge in [-0.05, 0) is 54.0 Å². The van der Waals surface area contributed by atoms with Crippen LogP contribution in [-0.2, 0) is 10.5 Å². The van der Waals surface area contributed by atoms with E-state index in [4.69, 9.17) is 4.74 Å². The zero-order chi connectivity index (χ0) is 22.0. The predicted molar refractivity (Wildman–Crippen MR) is 125 cm³/mol. The maximum atomic E-state index is 12.8. The minimum Gasteiger partial charge on any atom is -0.378 e. The molecule has 0 bridgehead atoms. The van der Waals surface area contributed by atoms with Crippen LogP contribution in [0.1, 0.15) is 54.7 Å². The first-order valence-electron chi connectivity index (χ1n) is 11.3. The highest BCUT2D eigenvalue weighted by atomic mass is 32.2. The maximum absolute atomic E-state index is 12.8. The van der Waals surface area contributed by atoms with Crippen LogP contribution in [0.4, 0.5) is 0 Å². The summed E-state index contributed by atoms with van der Waals surface area (Å²) in [5.41, 5.74) is 1.58. The van der Waals surface area contributed by atoms with Crippen molar-refractivity contribution in [2.24, 2.45) is 0 Å². The van der Waals surface area contributed by atoms with Gasteiger partial charge in [0.15, 0.2) is 5.82 Å². The summed E-state index contributed by atoms with van der Waals surface area (Å²) >= 11 is 1.56. The van der Waals surface area contributed by atoms with Crippen LogP contribution in [-0.4, -0.2) is 45.4 Å². The molecule has 0 radical (unpaired) electrons. The third-order valence-corrected chi connectivity index (χ3v) is 6.61. The Kier molecular flexibility index (Phi) is 8.28. The van der Waals surface area contributed by atoms with Crippen molar-refractivity contribution in [3.63, 3.8) is 0 Å². The normalized spacial score (nSPS) is 14.4. The van der Waals surface area contributed by atoms with Gasteiger partial charge < -0.3 is 10.1 Å². The highest BCUT2D eigenvalue weighted by molar-refractivity contribution is 7.98. The molecule has 7 nitrogen and oxygen atoms in total. The van der Waals surface area contributed by atoms with Crippen molar-refractivity contribution in [1.82, 2.24) is 25.5 Å². The molecule has 0 spiro atoms. The smallest absolute Gasteiger partial charge is 0.252 e. The van der Waals surface area contributed by atoms with Crippen LogP contribution in [0.25, 0.3) is 5.69 Å². The number of carbonyl (C=O) groups is 1. The summed E-state index contributed by atoms with van der Waals surface area (Å²) < 4.78 is 7.67. The second kappa shape index (κ2) is 11.8. The third-order valence-electron chi connectivity index (χ3n) is 5.54. The first-order chi connectivity index (χ1) is 15.8. The average molecular weight is 452 g/mol. The molecule has 32 heavy (non-hydrogen) atoms. The van der Waals surface area contributed by atoms with Gasteiger partial charge in [-0.1, -0.05) is 49.6 Å². The SMILES string of the molecule is O=C(NCCCOC1CCCCC1)c1ccccc1SCc1nnnn1-c1ccccc1. The molecule has 1 fully saturated rings. The quantitative estimate of drug-likeness (QED) is 0.363. The lowest BCUT2D eigenvalue weighted by molar-refractivity contribution is 0.0273. The molecule has 1 amide bonds. The zero-order valence-electron chi connectivity index (χ0n) is 18.2. The first kappa shape index (κ1) is 22.5. The van der Waals surface area contributed by atoms with Crippen LogP contribution in [0.2, 0.25) is 0 Å². The molecule has 168 valence electrons. The van der Waals surface area contributed by atoms with E-state index < -0.39 is 0 Å². The fraction of sp³-hybridized carbons (Fsp3) is 0.417. The molecule has 2 aromatic carbocycles. The molecule has 1 aliphatic carbocycles. The van der Waals surface area contributed by atoms with Crippen LogP contribution in [0.15, 0.2) is 59.5 Å². The molecule has 0 atom stereocenters. The van der Waals surface area contributed by atoms with Gasteiger partial charge in [0.1, 0.15) is 0 Å². The molecule has 1 saturated carbocycles. The van der Waals surface area contributed by atoms with Crippen molar-refractivity contribution in [3.05, 3.63) is 66.0 Å². The van der Waals surface area contributed by atoms with E-state index in [1.165, 1.54) is 32.1 Å². The maximum Gasteiger partial charge on any atom is 0.252 e. The van der Waals surface area contributed by atoms with Gasteiger partial charge >= 0.3 is 0 Å². The number of amides is 1. The van der Waals surface area contributed by atoms with Gasteiger partial charge in [0.2, 0.25) is 0 Å². The van der Waals surface area contributed by atoms with Crippen LogP contribution in [0, 0.1) is 0 Å². The van der Waals surface area contributed by atoms with Crippen molar-refractivity contribution in [2.75, 3.05) is 13.2 Å². The van der Waals surface area contributed by atoms with Gasteiger partial charge in [0.25, 0.3) is 5.91 Å². The molecule has 1 aliphatic rings. The van der Waals surface area contributed by atoms with E-state index in [1.54, 1.807) is 16.4 Å². The average Bonchev–Trinajstić information content (AvgIpc) is 3.32. The van der Waals surface area contributed by atoms with E-state index in [-0.39, 0.29) is 5.91 Å². The second-order valence-electron chi connectivity index (χ2n) is 7.87. The van der Waals surface area contributed by atoms with Crippen LogP contribution in [0.5, 0.6) is 0 Å². The molecule has 0 aliphatic heterocycles. The van der Waals surface area contributed by atoms with E-state index in [2.05, 4.69) is 20.8 Å². The molecule has 0 saturated heterocycles. The van der Waals surface area contributed by atoms with Crippen LogP contribution < -0.4 is 5.32 Å². The van der Waals surface area contributed by atoms with Gasteiger partial charge in [-0.15, -0.1) is 16.9 Å². The van der Waals surface area contributed by atoms with Crippen LogP contribution >= 0.6 is 11.8 Å². The number of nitrogens with zero attached hydrogens (tertiary/aromatic N) is 4. The minimum atomic E-state index is -0.0617. The highest BCUT2D eigenvalue weighted by Crippen LogP contribution is 2.26. The Bertz CT molecular complexity index is 989. The Morgan fingerprint density at radius 2 is 1.84 bits per heavy atom. The number of para-hydroxylation sites is 1. The molecular weight excluding hydrogens is 422 g/mol. The van der Waals surface area contributed by atoms with E-state index >= 15 is 0 Å². The molecule has 1 N–H and O–H groups in total. The number of carbonyl (C=O) groups excluding carboxylic acids is 1. The Labute approximate surface area is 192 Å². The van der Waals surface area contributed by atoms with Crippen molar-refractivity contribution >= 4 is 17.7 Å². The lowest BCUT2D eigenvalue weighted by Gasteiger charge is -2.21. The second-order valence-corrected chi connectivity index (χ2v) is 8.88. The number of hydrogen-bond acceptors (Lipinski definition) is 6. The Hall–Kier alpha value is -2.71. The topological polar surface area (TPSA) is 81.9 Å². The number of aromatic nitrogens is 4. The summed E-state index contributed by atoms with van der Waals surface area (Å²) in [5, 5.41) is 15.1. The molecule has 4 rings (SSSR count). The number of tetrazole rings is 1. The molecule has 0 unspecified atom stereocenters. The molecular formula is C24H29N5O2S. The van der Waals surface area contributed by atoms with E-state index in [1.807, 2.05) is 54.6 Å². The number of benzene rings is 2. The Balaban J connectivity index is 1.28. The number of thioether (sulfide) groups is 1. The fourth-order valence-electron chi connectivity index (χ4n) is 3.84. The van der Waals surface area contributed by atoms with Crippen molar-refractivity contribution < 1.29 is 9.53 Å². The Morgan fingerprint density at radius 1 is 1.06 bits per heavy atom. The lowest BCUT2D eigenvalue weighted by atomic mass is 9.98. The van der Waals surface area contributed by atoms with Crippen molar-refractivity contribution in [3.8, 4) is 5.69 Å². The molecule has 1 aromatic heterocycles. The van der Waals surface area contributed by atoms with E-state index in [0.29, 0.717) is 30.6 Å². The summed E-state index contributed by atoms with van der Waals surface area (Å²) in [4.78, 5) is 13.7. The number of ether oxygens (including phenoxy) is 1. The number of rotatable bonds is 10. The summed E-state index contributed by atoms with van der Waals surface area (Å²) in [5.74, 6) is 1.23. The van der Waals surface area contributed by atoms with Crippen molar-refractivity contribution in [1.29, 1.82) is 0 Å². The van der Waals surface area contributed by atoms with Gasteiger partial charge in [-0.2, -0.15) is 4.68 Å². The molecule has 8 heteroatoms. The lowest BCUT2D eigenvalue weighted by Crippen LogP contribution is -2.26. The van der Waals surface area contributed by atoms with Gasteiger partial charge in [-0.3, -0.25) is 4.79 Å². The molecule has 3 aromatic rings. The largest absolute Gasteiger partial charge is 0.378 e. The third kappa shape index (κ3) is 6.17. The molecule has 1 heterocycles.